The zero-order valence-electron chi connectivity index (χ0n) is 13.9. The van der Waals surface area contributed by atoms with Crippen LogP contribution in [0, 0.1) is 5.92 Å². The largest absolute Gasteiger partial charge is 0.470 e. The number of carbonyl (C=O) groups is 1. The highest BCUT2D eigenvalue weighted by Crippen LogP contribution is 2.30. The number of rotatable bonds is 3. The lowest BCUT2D eigenvalue weighted by Gasteiger charge is -2.37. The van der Waals surface area contributed by atoms with E-state index < -0.39 is 18.0 Å². The number of alkyl halides is 5. The molecule has 0 aromatic carbocycles. The van der Waals surface area contributed by atoms with Gasteiger partial charge in [0.15, 0.2) is 0 Å². The number of hydrogen-bond acceptors (Lipinski definition) is 5. The number of amides is 1. The summed E-state index contributed by atoms with van der Waals surface area (Å²) in [7, 11) is 0. The molecule has 146 valence electrons. The quantitative estimate of drug-likeness (QED) is 0.752. The lowest BCUT2D eigenvalue weighted by molar-refractivity contribution is -0.157. The molecule has 0 radical (unpaired) electrons. The molecule has 2 aliphatic rings. The second-order valence-corrected chi connectivity index (χ2v) is 6.75. The second-order valence-electron chi connectivity index (χ2n) is 6.75. The number of nitrogens with zero attached hydrogens (tertiary/aromatic N) is 4. The molecule has 3 rings (SSSR count). The van der Waals surface area contributed by atoms with Gasteiger partial charge in [-0.1, -0.05) is 0 Å². The first-order valence-electron chi connectivity index (χ1n) is 8.43. The van der Waals surface area contributed by atoms with Gasteiger partial charge in [-0.05, 0) is 19.4 Å². The maximum Gasteiger partial charge on any atom is 0.470 e. The van der Waals surface area contributed by atoms with Crippen LogP contribution in [-0.2, 0) is 17.5 Å². The minimum Gasteiger partial charge on any atom is -0.416 e. The third-order valence-corrected chi connectivity index (χ3v) is 4.73. The molecule has 2 aliphatic heterocycles. The Morgan fingerprint density at radius 2 is 1.88 bits per heavy atom. The van der Waals surface area contributed by atoms with Crippen molar-refractivity contribution in [1.29, 1.82) is 0 Å². The van der Waals surface area contributed by atoms with Crippen LogP contribution in [0.2, 0.25) is 0 Å². The molecule has 1 atom stereocenters. The van der Waals surface area contributed by atoms with Gasteiger partial charge in [0.25, 0.3) is 5.92 Å². The first-order chi connectivity index (χ1) is 12.1. The summed E-state index contributed by atoms with van der Waals surface area (Å²) < 4.78 is 68.6. The van der Waals surface area contributed by atoms with Gasteiger partial charge in [-0.25, -0.2) is 8.78 Å². The van der Waals surface area contributed by atoms with Gasteiger partial charge in [-0.15, -0.1) is 10.2 Å². The van der Waals surface area contributed by atoms with E-state index in [0.717, 1.165) is 0 Å². The average Bonchev–Trinajstić information content (AvgIpc) is 3.03. The Morgan fingerprint density at radius 3 is 2.50 bits per heavy atom. The first kappa shape index (κ1) is 19.0. The number of halogens is 5. The Bertz CT molecular complexity index is 638. The Labute approximate surface area is 146 Å². The summed E-state index contributed by atoms with van der Waals surface area (Å²) >= 11 is 0. The summed E-state index contributed by atoms with van der Waals surface area (Å²) in [6.07, 6.45) is -4.06. The summed E-state index contributed by atoms with van der Waals surface area (Å²) in [5.74, 6) is -4.81. The SMILES string of the molecule is O=C(C1CCCN(Cc2nnc(C(F)(F)F)o2)C1)N1CCC(F)(F)CC1. The van der Waals surface area contributed by atoms with Crippen LogP contribution in [0.4, 0.5) is 22.0 Å². The van der Waals surface area contributed by atoms with Crippen molar-refractivity contribution in [2.24, 2.45) is 5.92 Å². The van der Waals surface area contributed by atoms with Crippen molar-refractivity contribution >= 4 is 5.91 Å². The summed E-state index contributed by atoms with van der Waals surface area (Å²) in [6, 6.07) is 0. The highest BCUT2D eigenvalue weighted by atomic mass is 19.4. The molecule has 26 heavy (non-hydrogen) atoms. The van der Waals surface area contributed by atoms with E-state index in [0.29, 0.717) is 25.9 Å². The normalized spacial score (nSPS) is 24.7. The Kier molecular flexibility index (Phi) is 5.18. The Hall–Kier alpha value is -1.78. The van der Waals surface area contributed by atoms with E-state index in [1.54, 1.807) is 4.90 Å². The number of piperidine rings is 2. The zero-order valence-corrected chi connectivity index (χ0v) is 13.9. The molecule has 0 spiro atoms. The van der Waals surface area contributed by atoms with E-state index >= 15 is 0 Å². The Balaban J connectivity index is 1.56. The summed E-state index contributed by atoms with van der Waals surface area (Å²) in [5, 5.41) is 6.38. The molecule has 2 saturated heterocycles. The predicted octanol–water partition coefficient (Wildman–Crippen LogP) is 2.56. The first-order valence-corrected chi connectivity index (χ1v) is 8.43. The van der Waals surface area contributed by atoms with Crippen molar-refractivity contribution < 1.29 is 31.2 Å². The van der Waals surface area contributed by atoms with Gasteiger partial charge in [-0.2, -0.15) is 13.2 Å². The number of likely N-dealkylation sites (tertiary alicyclic amines) is 2. The van der Waals surface area contributed by atoms with Crippen molar-refractivity contribution in [3.05, 3.63) is 11.8 Å². The summed E-state index contributed by atoms with van der Waals surface area (Å²) in [6.45, 7) is 0.994. The van der Waals surface area contributed by atoms with E-state index in [2.05, 4.69) is 14.6 Å². The van der Waals surface area contributed by atoms with Crippen molar-refractivity contribution in [3.8, 4) is 0 Å². The zero-order chi connectivity index (χ0) is 18.9. The minimum absolute atomic E-state index is 0.0188. The molecule has 0 saturated carbocycles. The van der Waals surface area contributed by atoms with Crippen LogP contribution in [0.5, 0.6) is 0 Å². The molecule has 0 bridgehead atoms. The van der Waals surface area contributed by atoms with Gasteiger partial charge in [0, 0.05) is 32.5 Å². The van der Waals surface area contributed by atoms with Crippen LogP contribution in [-0.4, -0.2) is 58.0 Å². The van der Waals surface area contributed by atoms with Crippen LogP contribution in [0.1, 0.15) is 37.5 Å². The minimum atomic E-state index is -4.69. The molecule has 1 aromatic rings. The highest BCUT2D eigenvalue weighted by molar-refractivity contribution is 5.79. The third kappa shape index (κ3) is 4.49. The standard InChI is InChI=1S/C15H19F5N4O2/c16-14(17)3-6-24(7-4-14)12(25)10-2-1-5-23(8-10)9-11-21-22-13(26-11)15(18,19)20/h10H,1-9H2. The lowest BCUT2D eigenvalue weighted by atomic mass is 9.95. The van der Waals surface area contributed by atoms with Crippen LogP contribution in [0.15, 0.2) is 4.42 Å². The number of aromatic nitrogens is 2. The highest BCUT2D eigenvalue weighted by Gasteiger charge is 2.39. The fourth-order valence-corrected chi connectivity index (χ4v) is 3.34. The molecule has 0 N–H and O–H groups in total. The van der Waals surface area contributed by atoms with Crippen molar-refractivity contribution in [2.75, 3.05) is 26.2 Å². The lowest BCUT2D eigenvalue weighted by Crippen LogP contribution is -2.48. The smallest absolute Gasteiger partial charge is 0.416 e. The fourth-order valence-electron chi connectivity index (χ4n) is 3.34. The molecule has 6 nitrogen and oxygen atoms in total. The van der Waals surface area contributed by atoms with Crippen LogP contribution < -0.4 is 0 Å². The Morgan fingerprint density at radius 1 is 1.19 bits per heavy atom. The van der Waals surface area contributed by atoms with Gasteiger partial charge in [0.05, 0.1) is 12.5 Å². The van der Waals surface area contributed by atoms with E-state index in [-0.39, 0.29) is 50.2 Å². The molecular weight excluding hydrogens is 363 g/mol. The average molecular weight is 382 g/mol. The molecule has 1 unspecified atom stereocenters. The fraction of sp³-hybridized carbons (Fsp3) is 0.800. The van der Waals surface area contributed by atoms with E-state index in [1.807, 2.05) is 0 Å². The van der Waals surface area contributed by atoms with Gasteiger partial charge >= 0.3 is 12.1 Å². The van der Waals surface area contributed by atoms with Crippen molar-refractivity contribution in [3.63, 3.8) is 0 Å². The van der Waals surface area contributed by atoms with Crippen LogP contribution >= 0.6 is 0 Å². The van der Waals surface area contributed by atoms with Crippen molar-refractivity contribution in [2.45, 2.75) is 44.3 Å². The molecule has 11 heteroatoms. The predicted molar refractivity (Wildman–Crippen MR) is 78.1 cm³/mol. The van der Waals surface area contributed by atoms with Gasteiger partial charge in [0.2, 0.25) is 11.8 Å². The van der Waals surface area contributed by atoms with Gasteiger partial charge < -0.3 is 9.32 Å². The molecule has 3 heterocycles. The molecule has 2 fully saturated rings. The number of hydrogen-bond donors (Lipinski definition) is 0. The van der Waals surface area contributed by atoms with E-state index in [1.165, 1.54) is 4.90 Å². The monoisotopic (exact) mass is 382 g/mol. The van der Waals surface area contributed by atoms with Crippen LogP contribution in [0.25, 0.3) is 0 Å². The third-order valence-electron chi connectivity index (χ3n) is 4.73. The second kappa shape index (κ2) is 7.09. The molecule has 0 aliphatic carbocycles. The molecule has 1 amide bonds. The van der Waals surface area contributed by atoms with Gasteiger partial charge in [-0.3, -0.25) is 9.69 Å². The number of carbonyl (C=O) groups excluding carboxylic acids is 1. The molecular formula is C15H19F5N4O2. The molecule has 1 aromatic heterocycles. The van der Waals surface area contributed by atoms with E-state index in [4.69, 9.17) is 0 Å². The van der Waals surface area contributed by atoms with Gasteiger partial charge in [0.1, 0.15) is 0 Å². The van der Waals surface area contributed by atoms with Crippen molar-refractivity contribution in [1.82, 2.24) is 20.0 Å². The van der Waals surface area contributed by atoms with Crippen LogP contribution in [0.3, 0.4) is 0 Å². The summed E-state index contributed by atoms with van der Waals surface area (Å²) in [4.78, 5) is 15.8. The van der Waals surface area contributed by atoms with E-state index in [9.17, 15) is 26.7 Å². The maximum atomic E-state index is 13.2. The summed E-state index contributed by atoms with van der Waals surface area (Å²) in [5.41, 5.74) is 0. The maximum absolute atomic E-state index is 13.2. The topological polar surface area (TPSA) is 62.5 Å².